The molecule has 0 radical (unpaired) electrons. The highest BCUT2D eigenvalue weighted by molar-refractivity contribution is 5.94. The Morgan fingerprint density at radius 1 is 1.12 bits per heavy atom. The molecule has 0 bridgehead atoms. The fraction of sp³-hybridized carbons (Fsp3) is 0.567. The molecule has 3 aromatic heterocycles. The van der Waals surface area contributed by atoms with E-state index in [4.69, 9.17) is 19.6 Å². The molecule has 1 aliphatic heterocycles. The van der Waals surface area contributed by atoms with Gasteiger partial charge in [0, 0.05) is 56.5 Å². The molecule has 1 saturated carbocycles. The van der Waals surface area contributed by atoms with Crippen molar-refractivity contribution in [1.82, 2.24) is 29.4 Å². The zero-order valence-corrected chi connectivity index (χ0v) is 25.0. The van der Waals surface area contributed by atoms with Crippen molar-refractivity contribution in [3.8, 4) is 5.88 Å². The molecule has 0 aromatic carbocycles. The first-order valence-electron chi connectivity index (χ1n) is 14.5. The topological polar surface area (TPSA) is 108 Å². The Labute approximate surface area is 240 Å². The lowest BCUT2D eigenvalue weighted by Gasteiger charge is -2.29. The Bertz CT molecular complexity index is 1490. The zero-order chi connectivity index (χ0) is 29.3. The number of hydrogen-bond donors (Lipinski definition) is 0. The minimum atomic E-state index is -0.602. The van der Waals surface area contributed by atoms with E-state index in [0.717, 1.165) is 61.8 Å². The van der Waals surface area contributed by atoms with Crippen molar-refractivity contribution in [3.05, 3.63) is 46.5 Å². The number of amides is 1. The third kappa shape index (κ3) is 6.45. The van der Waals surface area contributed by atoms with Crippen LogP contribution in [0.15, 0.2) is 35.3 Å². The lowest BCUT2D eigenvalue weighted by molar-refractivity contribution is 0.0581. The summed E-state index contributed by atoms with van der Waals surface area (Å²) in [5.41, 5.74) is 2.41. The van der Waals surface area contributed by atoms with Crippen LogP contribution in [0.2, 0.25) is 0 Å². The van der Waals surface area contributed by atoms with E-state index in [1.54, 1.807) is 18.0 Å². The summed E-state index contributed by atoms with van der Waals surface area (Å²) >= 11 is 0. The van der Waals surface area contributed by atoms with Gasteiger partial charge in [0.2, 0.25) is 5.88 Å². The van der Waals surface area contributed by atoms with E-state index in [2.05, 4.69) is 27.8 Å². The lowest BCUT2D eigenvalue weighted by Crippen LogP contribution is -2.37. The molecule has 0 saturated heterocycles. The number of carbonyl (C=O) groups excluding carboxylic acids is 1. The SMILES string of the molecule is CCN(C(=O)OC(C)(C)C)c1cc2c(cn1)c(C1=CCN(C)CC1)nn2C1CCC(Oc2ccc(=O)n(C)n2)CC1. The van der Waals surface area contributed by atoms with Crippen molar-refractivity contribution >= 4 is 28.4 Å². The highest BCUT2D eigenvalue weighted by Gasteiger charge is 2.29. The van der Waals surface area contributed by atoms with Crippen LogP contribution in [0.4, 0.5) is 10.6 Å². The first-order chi connectivity index (χ1) is 19.5. The molecule has 1 amide bonds. The molecule has 3 aromatic rings. The van der Waals surface area contributed by atoms with E-state index >= 15 is 0 Å². The van der Waals surface area contributed by atoms with Gasteiger partial charge in [0.25, 0.3) is 5.56 Å². The first-order valence-corrected chi connectivity index (χ1v) is 14.5. The number of anilines is 1. The number of fused-ring (bicyclic) bond motifs is 1. The van der Waals surface area contributed by atoms with Gasteiger partial charge in [0.05, 0.1) is 17.3 Å². The predicted molar refractivity (Wildman–Crippen MR) is 158 cm³/mol. The minimum Gasteiger partial charge on any atom is -0.473 e. The molecule has 11 nitrogen and oxygen atoms in total. The summed E-state index contributed by atoms with van der Waals surface area (Å²) in [7, 11) is 3.75. The van der Waals surface area contributed by atoms with Gasteiger partial charge >= 0.3 is 6.09 Å². The molecule has 4 heterocycles. The van der Waals surface area contributed by atoms with E-state index in [-0.39, 0.29) is 17.7 Å². The quantitative estimate of drug-likeness (QED) is 0.429. The van der Waals surface area contributed by atoms with Crippen LogP contribution in [-0.4, -0.2) is 73.9 Å². The molecule has 0 spiro atoms. The molecule has 220 valence electrons. The van der Waals surface area contributed by atoms with E-state index in [1.165, 1.54) is 16.3 Å². The van der Waals surface area contributed by atoms with Crippen LogP contribution in [0.3, 0.4) is 0 Å². The van der Waals surface area contributed by atoms with Gasteiger partial charge in [0.15, 0.2) is 0 Å². The van der Waals surface area contributed by atoms with E-state index < -0.39 is 11.7 Å². The van der Waals surface area contributed by atoms with Crippen LogP contribution in [-0.2, 0) is 11.8 Å². The second-order valence-electron chi connectivity index (χ2n) is 12.0. The number of aromatic nitrogens is 5. The lowest BCUT2D eigenvalue weighted by atomic mass is 9.93. The average Bonchev–Trinajstić information content (AvgIpc) is 3.30. The maximum atomic E-state index is 13.0. The summed E-state index contributed by atoms with van der Waals surface area (Å²) < 4.78 is 15.2. The molecule has 0 atom stereocenters. The highest BCUT2D eigenvalue weighted by Crippen LogP contribution is 2.36. The summed E-state index contributed by atoms with van der Waals surface area (Å²) in [5, 5.41) is 10.4. The zero-order valence-electron chi connectivity index (χ0n) is 25.0. The summed E-state index contributed by atoms with van der Waals surface area (Å²) in [6, 6.07) is 5.27. The first kappa shape index (κ1) is 28.8. The van der Waals surface area contributed by atoms with Crippen LogP contribution in [0.1, 0.15) is 71.5 Å². The summed E-state index contributed by atoms with van der Waals surface area (Å²) in [6.45, 7) is 9.81. The molecule has 2 aliphatic rings. The maximum Gasteiger partial charge on any atom is 0.415 e. The van der Waals surface area contributed by atoms with E-state index in [9.17, 15) is 9.59 Å². The third-order valence-corrected chi connectivity index (χ3v) is 7.71. The molecule has 0 N–H and O–H groups in total. The average molecular weight is 564 g/mol. The van der Waals surface area contributed by atoms with Gasteiger partial charge in [-0.05, 0) is 72.4 Å². The number of aryl methyl sites for hydroxylation is 1. The van der Waals surface area contributed by atoms with E-state index in [1.807, 2.05) is 40.0 Å². The molecule has 1 aliphatic carbocycles. The van der Waals surface area contributed by atoms with Gasteiger partial charge in [-0.2, -0.15) is 5.10 Å². The van der Waals surface area contributed by atoms with Crippen LogP contribution in [0.5, 0.6) is 5.88 Å². The molecule has 1 fully saturated rings. The second kappa shape index (κ2) is 11.6. The van der Waals surface area contributed by atoms with Crippen molar-refractivity contribution in [2.45, 2.75) is 77.5 Å². The number of likely N-dealkylation sites (N-methyl/N-ethyl adjacent to an activating group) is 1. The van der Waals surface area contributed by atoms with Crippen LogP contribution in [0.25, 0.3) is 16.5 Å². The number of nitrogens with zero attached hydrogens (tertiary/aromatic N) is 7. The normalized spacial score (nSPS) is 20.1. The largest absolute Gasteiger partial charge is 0.473 e. The van der Waals surface area contributed by atoms with Crippen molar-refractivity contribution < 1.29 is 14.3 Å². The van der Waals surface area contributed by atoms with Gasteiger partial charge in [-0.15, -0.1) is 5.10 Å². The number of rotatable bonds is 6. The maximum absolute atomic E-state index is 13.0. The summed E-state index contributed by atoms with van der Waals surface area (Å²) in [6.07, 6.45) is 8.10. The fourth-order valence-electron chi connectivity index (χ4n) is 5.49. The van der Waals surface area contributed by atoms with Crippen molar-refractivity contribution in [2.24, 2.45) is 7.05 Å². The summed E-state index contributed by atoms with van der Waals surface area (Å²) in [5.74, 6) is 1.02. The third-order valence-electron chi connectivity index (χ3n) is 7.71. The monoisotopic (exact) mass is 563 g/mol. The number of pyridine rings is 1. The van der Waals surface area contributed by atoms with Crippen LogP contribution < -0.4 is 15.2 Å². The second-order valence-corrected chi connectivity index (χ2v) is 12.0. The summed E-state index contributed by atoms with van der Waals surface area (Å²) in [4.78, 5) is 33.3. The molecular formula is C30H41N7O4. The van der Waals surface area contributed by atoms with Crippen molar-refractivity contribution in [1.29, 1.82) is 0 Å². The fourth-order valence-corrected chi connectivity index (χ4v) is 5.49. The van der Waals surface area contributed by atoms with Gasteiger partial charge in [-0.3, -0.25) is 14.4 Å². The molecule has 11 heteroatoms. The van der Waals surface area contributed by atoms with Gasteiger partial charge < -0.3 is 14.4 Å². The highest BCUT2D eigenvalue weighted by atomic mass is 16.6. The smallest absolute Gasteiger partial charge is 0.415 e. The Hall–Kier alpha value is -3.73. The standard InChI is InChI=1S/C30H41N7O4/c1-7-36(29(39)41-30(2,3)4)25-18-24-23(19-31-25)28(20-14-16-34(5)17-15-20)33-37(24)21-8-10-22(11-9-21)40-26-12-13-27(38)35(6)32-26/h12-14,18-19,21-22H,7-11,15-17H2,1-6H3. The van der Waals surface area contributed by atoms with Crippen LogP contribution in [0, 0.1) is 0 Å². The molecular weight excluding hydrogens is 522 g/mol. The van der Waals surface area contributed by atoms with E-state index in [0.29, 0.717) is 18.2 Å². The number of carbonyl (C=O) groups is 1. The molecule has 41 heavy (non-hydrogen) atoms. The van der Waals surface area contributed by atoms with Gasteiger partial charge in [0.1, 0.15) is 17.5 Å². The Morgan fingerprint density at radius 3 is 2.51 bits per heavy atom. The number of hydrogen-bond acceptors (Lipinski definition) is 8. The predicted octanol–water partition coefficient (Wildman–Crippen LogP) is 4.57. The molecule has 5 rings (SSSR count). The Kier molecular flexibility index (Phi) is 8.17. The molecule has 0 unspecified atom stereocenters. The van der Waals surface area contributed by atoms with Crippen molar-refractivity contribution in [2.75, 3.05) is 31.6 Å². The van der Waals surface area contributed by atoms with Crippen molar-refractivity contribution in [3.63, 3.8) is 0 Å². The Morgan fingerprint density at radius 2 is 1.88 bits per heavy atom. The van der Waals surface area contributed by atoms with Gasteiger partial charge in [-0.1, -0.05) is 6.08 Å². The Balaban J connectivity index is 1.44. The number of ether oxygens (including phenoxy) is 2. The van der Waals surface area contributed by atoms with Gasteiger partial charge in [-0.25, -0.2) is 14.5 Å². The minimum absolute atomic E-state index is 0.0223. The van der Waals surface area contributed by atoms with Crippen LogP contribution >= 0.6 is 0 Å².